The maximum absolute atomic E-state index is 12.2. The number of halogens is 1. The van der Waals surface area contributed by atoms with Crippen LogP contribution in [0.4, 0.5) is 0 Å². The molecule has 21 heavy (non-hydrogen) atoms. The van der Waals surface area contributed by atoms with Crippen LogP contribution in [0.15, 0.2) is 24.3 Å². The van der Waals surface area contributed by atoms with Crippen molar-refractivity contribution in [2.45, 2.75) is 39.2 Å². The SMILES string of the molecule is CCC(CCO)NC(=O)CC(C)C(=O)c1ccc(Cl)cc1. The molecule has 2 N–H and O–H groups in total. The summed E-state index contributed by atoms with van der Waals surface area (Å²) < 4.78 is 0. The lowest BCUT2D eigenvalue weighted by molar-refractivity contribution is -0.122. The van der Waals surface area contributed by atoms with E-state index in [4.69, 9.17) is 16.7 Å². The standard InChI is InChI=1S/C16H22ClNO3/c1-3-14(8-9-19)18-15(20)10-11(2)16(21)12-4-6-13(17)7-5-12/h4-7,11,14,19H,3,8-10H2,1-2H3,(H,18,20). The van der Waals surface area contributed by atoms with E-state index in [1.807, 2.05) is 6.92 Å². The van der Waals surface area contributed by atoms with Crippen molar-refractivity contribution in [2.24, 2.45) is 5.92 Å². The first-order valence-electron chi connectivity index (χ1n) is 7.17. The van der Waals surface area contributed by atoms with Crippen molar-refractivity contribution < 1.29 is 14.7 Å². The number of aliphatic hydroxyl groups is 1. The van der Waals surface area contributed by atoms with Gasteiger partial charge in [-0.1, -0.05) is 25.4 Å². The average molecular weight is 312 g/mol. The predicted octanol–water partition coefficient (Wildman–Crippen LogP) is 2.83. The van der Waals surface area contributed by atoms with Crippen LogP contribution in [0.3, 0.4) is 0 Å². The number of ketones is 1. The molecule has 0 radical (unpaired) electrons. The third-order valence-electron chi connectivity index (χ3n) is 3.40. The maximum Gasteiger partial charge on any atom is 0.220 e. The average Bonchev–Trinajstić information content (AvgIpc) is 2.46. The molecule has 116 valence electrons. The fraction of sp³-hybridized carbons (Fsp3) is 0.500. The van der Waals surface area contributed by atoms with Gasteiger partial charge in [-0.15, -0.1) is 0 Å². The van der Waals surface area contributed by atoms with Crippen molar-refractivity contribution in [1.29, 1.82) is 0 Å². The highest BCUT2D eigenvalue weighted by Crippen LogP contribution is 2.15. The lowest BCUT2D eigenvalue weighted by Crippen LogP contribution is -2.36. The molecule has 0 saturated heterocycles. The second-order valence-electron chi connectivity index (χ2n) is 5.16. The van der Waals surface area contributed by atoms with Gasteiger partial charge >= 0.3 is 0 Å². The molecule has 4 nitrogen and oxygen atoms in total. The highest BCUT2D eigenvalue weighted by molar-refractivity contribution is 6.30. The normalized spacial score (nSPS) is 13.5. The van der Waals surface area contributed by atoms with Crippen LogP contribution in [0.25, 0.3) is 0 Å². The van der Waals surface area contributed by atoms with Gasteiger partial charge in [0.15, 0.2) is 5.78 Å². The first-order valence-corrected chi connectivity index (χ1v) is 7.55. The molecule has 1 aromatic rings. The minimum absolute atomic E-state index is 0.0397. The number of Topliss-reactive ketones (excluding diaryl/α,β-unsaturated/α-hetero) is 1. The van der Waals surface area contributed by atoms with E-state index in [0.717, 1.165) is 6.42 Å². The summed E-state index contributed by atoms with van der Waals surface area (Å²) in [6.45, 7) is 3.73. The van der Waals surface area contributed by atoms with E-state index < -0.39 is 5.92 Å². The van der Waals surface area contributed by atoms with Crippen molar-refractivity contribution in [3.63, 3.8) is 0 Å². The Labute approximate surface area is 130 Å². The van der Waals surface area contributed by atoms with Crippen LogP contribution in [0.5, 0.6) is 0 Å². The van der Waals surface area contributed by atoms with Crippen molar-refractivity contribution in [1.82, 2.24) is 5.32 Å². The minimum Gasteiger partial charge on any atom is -0.396 e. The van der Waals surface area contributed by atoms with E-state index in [1.54, 1.807) is 31.2 Å². The minimum atomic E-state index is -0.391. The van der Waals surface area contributed by atoms with Gasteiger partial charge in [-0.3, -0.25) is 9.59 Å². The summed E-state index contributed by atoms with van der Waals surface area (Å²) in [6, 6.07) is 6.62. The molecule has 1 amide bonds. The Morgan fingerprint density at radius 1 is 1.29 bits per heavy atom. The molecule has 0 aromatic heterocycles. The number of aliphatic hydroxyl groups excluding tert-OH is 1. The number of rotatable bonds is 8. The summed E-state index contributed by atoms with van der Waals surface area (Å²) in [5.41, 5.74) is 0.557. The Bertz CT molecular complexity index is 473. The summed E-state index contributed by atoms with van der Waals surface area (Å²) >= 11 is 5.79. The van der Waals surface area contributed by atoms with Crippen molar-refractivity contribution in [2.75, 3.05) is 6.61 Å². The van der Waals surface area contributed by atoms with Crippen LogP contribution in [0.2, 0.25) is 5.02 Å². The predicted molar refractivity (Wildman–Crippen MR) is 83.5 cm³/mol. The third-order valence-corrected chi connectivity index (χ3v) is 3.66. The highest BCUT2D eigenvalue weighted by Gasteiger charge is 2.20. The number of hydrogen-bond acceptors (Lipinski definition) is 3. The van der Waals surface area contributed by atoms with Crippen LogP contribution >= 0.6 is 11.6 Å². The fourth-order valence-corrected chi connectivity index (χ4v) is 2.22. The molecule has 2 unspecified atom stereocenters. The smallest absolute Gasteiger partial charge is 0.220 e. The largest absolute Gasteiger partial charge is 0.396 e. The van der Waals surface area contributed by atoms with Crippen LogP contribution in [-0.4, -0.2) is 29.4 Å². The summed E-state index contributed by atoms with van der Waals surface area (Å²) in [5.74, 6) is -0.625. The summed E-state index contributed by atoms with van der Waals surface area (Å²) in [7, 11) is 0. The molecule has 1 rings (SSSR count). The van der Waals surface area contributed by atoms with Crippen molar-refractivity contribution in [3.8, 4) is 0 Å². The second kappa shape index (κ2) is 8.80. The summed E-state index contributed by atoms with van der Waals surface area (Å²) in [4.78, 5) is 24.1. The summed E-state index contributed by atoms with van der Waals surface area (Å²) in [5, 5.41) is 12.3. The van der Waals surface area contributed by atoms with E-state index in [-0.39, 0.29) is 30.8 Å². The van der Waals surface area contributed by atoms with Crippen LogP contribution in [0, 0.1) is 5.92 Å². The van der Waals surface area contributed by atoms with E-state index in [9.17, 15) is 9.59 Å². The molecule has 0 aliphatic heterocycles. The molecule has 0 fully saturated rings. The molecule has 0 spiro atoms. The van der Waals surface area contributed by atoms with Crippen molar-refractivity contribution in [3.05, 3.63) is 34.9 Å². The summed E-state index contributed by atoms with van der Waals surface area (Å²) in [6.07, 6.45) is 1.43. The Kier molecular flexibility index (Phi) is 7.40. The Hall–Kier alpha value is -1.39. The topological polar surface area (TPSA) is 66.4 Å². The molecule has 2 atom stereocenters. The Morgan fingerprint density at radius 3 is 2.43 bits per heavy atom. The van der Waals surface area contributed by atoms with Crippen LogP contribution in [0.1, 0.15) is 43.5 Å². The maximum atomic E-state index is 12.2. The molecule has 1 aromatic carbocycles. The highest BCUT2D eigenvalue weighted by atomic mass is 35.5. The van der Waals surface area contributed by atoms with Gasteiger partial charge in [-0.05, 0) is 37.1 Å². The number of benzene rings is 1. The van der Waals surface area contributed by atoms with Gasteiger partial charge in [0.25, 0.3) is 0 Å². The van der Waals surface area contributed by atoms with Gasteiger partial charge in [-0.2, -0.15) is 0 Å². The van der Waals surface area contributed by atoms with Gasteiger partial charge in [0.05, 0.1) is 0 Å². The van der Waals surface area contributed by atoms with Crippen LogP contribution in [-0.2, 0) is 4.79 Å². The van der Waals surface area contributed by atoms with Crippen LogP contribution < -0.4 is 5.32 Å². The molecular formula is C16H22ClNO3. The number of hydrogen-bond donors (Lipinski definition) is 2. The molecule has 0 aliphatic carbocycles. The molecule has 0 saturated carbocycles. The fourth-order valence-electron chi connectivity index (χ4n) is 2.09. The Morgan fingerprint density at radius 2 is 1.90 bits per heavy atom. The van der Waals surface area contributed by atoms with Gasteiger partial charge in [0, 0.05) is 35.6 Å². The Balaban J connectivity index is 2.55. The molecule has 0 bridgehead atoms. The lowest BCUT2D eigenvalue weighted by Gasteiger charge is -2.17. The number of carbonyl (C=O) groups is 2. The van der Waals surface area contributed by atoms with Gasteiger partial charge < -0.3 is 10.4 Å². The quantitative estimate of drug-likeness (QED) is 0.725. The number of carbonyl (C=O) groups excluding carboxylic acids is 2. The first kappa shape index (κ1) is 17.7. The molecule has 0 heterocycles. The van der Waals surface area contributed by atoms with Gasteiger partial charge in [0.2, 0.25) is 5.91 Å². The monoisotopic (exact) mass is 311 g/mol. The zero-order chi connectivity index (χ0) is 15.8. The third kappa shape index (κ3) is 5.86. The second-order valence-corrected chi connectivity index (χ2v) is 5.60. The van der Waals surface area contributed by atoms with E-state index in [1.165, 1.54) is 0 Å². The lowest BCUT2D eigenvalue weighted by atomic mass is 9.96. The number of amides is 1. The van der Waals surface area contributed by atoms with E-state index in [2.05, 4.69) is 5.32 Å². The van der Waals surface area contributed by atoms with E-state index in [0.29, 0.717) is 17.0 Å². The zero-order valence-corrected chi connectivity index (χ0v) is 13.2. The molecule has 5 heteroatoms. The van der Waals surface area contributed by atoms with Gasteiger partial charge in [-0.25, -0.2) is 0 Å². The van der Waals surface area contributed by atoms with Crippen molar-refractivity contribution >= 4 is 23.3 Å². The first-order chi connectivity index (χ1) is 9.97. The van der Waals surface area contributed by atoms with E-state index >= 15 is 0 Å². The molecular weight excluding hydrogens is 290 g/mol. The molecule has 0 aliphatic rings. The van der Waals surface area contributed by atoms with Gasteiger partial charge in [0.1, 0.15) is 0 Å². The zero-order valence-electron chi connectivity index (χ0n) is 12.4. The number of nitrogens with one attached hydrogen (secondary N) is 1.